The molecule has 2 aromatic carbocycles. The van der Waals surface area contributed by atoms with E-state index in [4.69, 9.17) is 18.9 Å². The van der Waals surface area contributed by atoms with Crippen LogP contribution in [0.1, 0.15) is 20.7 Å². The van der Waals surface area contributed by atoms with Crippen LogP contribution in [0.2, 0.25) is 0 Å². The molecule has 0 atom stereocenters. The van der Waals surface area contributed by atoms with Gasteiger partial charge in [0.1, 0.15) is 17.2 Å². The number of benzene rings is 2. The molecule has 0 radical (unpaired) electrons. The number of hydrogen-bond acceptors (Lipinski definition) is 6. The number of Topliss-reactive ketones (excluding diaryl/α,β-unsaturated/α-hetero) is 1. The second-order valence-electron chi connectivity index (χ2n) is 4.80. The highest BCUT2D eigenvalue weighted by molar-refractivity contribution is 6.01. The van der Waals surface area contributed by atoms with Crippen molar-refractivity contribution in [3.05, 3.63) is 53.6 Å². The predicted octanol–water partition coefficient (Wildman–Crippen LogP) is 2.75. The van der Waals surface area contributed by atoms with Gasteiger partial charge in [0.05, 0.1) is 32.5 Å². The molecule has 0 spiro atoms. The van der Waals surface area contributed by atoms with E-state index in [0.29, 0.717) is 22.8 Å². The fourth-order valence-corrected chi connectivity index (χ4v) is 2.09. The zero-order chi connectivity index (χ0) is 17.5. The molecule has 2 rings (SSSR count). The zero-order valence-electron chi connectivity index (χ0n) is 13.7. The molecule has 0 saturated carbocycles. The van der Waals surface area contributed by atoms with E-state index in [2.05, 4.69) is 0 Å². The lowest BCUT2D eigenvalue weighted by atomic mass is 10.1. The first-order valence-electron chi connectivity index (χ1n) is 7.15. The third-order valence-electron chi connectivity index (χ3n) is 3.33. The standard InChI is InChI=1S/C18H18O6/c1-21-13-8-12(9-14(10-13)22-2)18(20)24-11-16(19)15-6-4-5-7-17(15)23-3/h4-10H,11H2,1-3H3. The van der Waals surface area contributed by atoms with Crippen molar-refractivity contribution in [3.63, 3.8) is 0 Å². The van der Waals surface area contributed by atoms with E-state index in [1.165, 1.54) is 33.5 Å². The number of rotatable bonds is 7. The molecule has 2 aromatic rings. The fraction of sp³-hybridized carbons (Fsp3) is 0.222. The zero-order valence-corrected chi connectivity index (χ0v) is 13.7. The van der Waals surface area contributed by atoms with Crippen molar-refractivity contribution in [3.8, 4) is 17.2 Å². The van der Waals surface area contributed by atoms with Crippen molar-refractivity contribution in [2.75, 3.05) is 27.9 Å². The number of esters is 1. The lowest BCUT2D eigenvalue weighted by Crippen LogP contribution is -2.15. The van der Waals surface area contributed by atoms with Gasteiger partial charge in [0, 0.05) is 6.07 Å². The number of ether oxygens (including phenoxy) is 4. The van der Waals surface area contributed by atoms with E-state index in [9.17, 15) is 9.59 Å². The Morgan fingerprint density at radius 3 is 2.08 bits per heavy atom. The Bertz CT molecular complexity index is 716. The van der Waals surface area contributed by atoms with Crippen molar-refractivity contribution in [1.29, 1.82) is 0 Å². The van der Waals surface area contributed by atoms with Gasteiger partial charge in [0.25, 0.3) is 0 Å². The van der Waals surface area contributed by atoms with Crippen LogP contribution in [0.3, 0.4) is 0 Å². The summed E-state index contributed by atoms with van der Waals surface area (Å²) in [7, 11) is 4.44. The molecule has 6 nitrogen and oxygen atoms in total. The summed E-state index contributed by atoms with van der Waals surface area (Å²) in [6, 6.07) is 11.4. The molecule has 24 heavy (non-hydrogen) atoms. The summed E-state index contributed by atoms with van der Waals surface area (Å²) in [5.74, 6) is 0.349. The molecule has 0 N–H and O–H groups in total. The molecular weight excluding hydrogens is 312 g/mol. The Morgan fingerprint density at radius 2 is 1.50 bits per heavy atom. The topological polar surface area (TPSA) is 71.1 Å². The summed E-state index contributed by atoms with van der Waals surface area (Å²) in [5, 5.41) is 0. The number of ketones is 1. The lowest BCUT2D eigenvalue weighted by molar-refractivity contribution is 0.0473. The largest absolute Gasteiger partial charge is 0.497 e. The number of hydrogen-bond donors (Lipinski definition) is 0. The van der Waals surface area contributed by atoms with E-state index >= 15 is 0 Å². The van der Waals surface area contributed by atoms with Gasteiger partial charge in [0.15, 0.2) is 6.61 Å². The van der Waals surface area contributed by atoms with E-state index in [0.717, 1.165) is 0 Å². The first-order chi connectivity index (χ1) is 11.6. The predicted molar refractivity (Wildman–Crippen MR) is 87.2 cm³/mol. The van der Waals surface area contributed by atoms with Gasteiger partial charge >= 0.3 is 5.97 Å². The molecule has 0 aliphatic carbocycles. The maximum absolute atomic E-state index is 12.2. The van der Waals surface area contributed by atoms with Crippen molar-refractivity contribution in [2.24, 2.45) is 0 Å². The van der Waals surface area contributed by atoms with Gasteiger partial charge in [-0.15, -0.1) is 0 Å². The molecule has 0 fully saturated rings. The van der Waals surface area contributed by atoms with Gasteiger partial charge < -0.3 is 18.9 Å². The van der Waals surface area contributed by atoms with Crippen LogP contribution in [-0.2, 0) is 4.74 Å². The third-order valence-corrected chi connectivity index (χ3v) is 3.33. The van der Waals surface area contributed by atoms with Crippen LogP contribution in [0.5, 0.6) is 17.2 Å². The summed E-state index contributed by atoms with van der Waals surface area (Å²) in [6.45, 7) is -0.390. The fourth-order valence-electron chi connectivity index (χ4n) is 2.09. The first kappa shape index (κ1) is 17.3. The van der Waals surface area contributed by atoms with Crippen LogP contribution in [0.15, 0.2) is 42.5 Å². The minimum atomic E-state index is -0.643. The van der Waals surface area contributed by atoms with Crippen LogP contribution in [0, 0.1) is 0 Å². The highest BCUT2D eigenvalue weighted by atomic mass is 16.5. The lowest BCUT2D eigenvalue weighted by Gasteiger charge is -2.10. The van der Waals surface area contributed by atoms with E-state index in [1.807, 2.05) is 0 Å². The molecule has 0 heterocycles. The van der Waals surface area contributed by atoms with Gasteiger partial charge in [-0.1, -0.05) is 12.1 Å². The molecule has 126 valence electrons. The normalized spacial score (nSPS) is 9.96. The van der Waals surface area contributed by atoms with Gasteiger partial charge in [-0.25, -0.2) is 4.79 Å². The van der Waals surface area contributed by atoms with Crippen molar-refractivity contribution in [1.82, 2.24) is 0 Å². The Labute approximate surface area is 139 Å². The molecule has 6 heteroatoms. The highest BCUT2D eigenvalue weighted by Crippen LogP contribution is 2.23. The maximum Gasteiger partial charge on any atom is 0.338 e. The van der Waals surface area contributed by atoms with Crippen LogP contribution in [0.25, 0.3) is 0 Å². The molecule has 0 unspecified atom stereocenters. The molecule has 0 saturated heterocycles. The number of para-hydroxylation sites is 1. The monoisotopic (exact) mass is 330 g/mol. The third kappa shape index (κ3) is 4.04. The summed E-state index contributed by atoms with van der Waals surface area (Å²) in [4.78, 5) is 24.4. The van der Waals surface area contributed by atoms with Crippen molar-refractivity contribution >= 4 is 11.8 Å². The number of carbonyl (C=O) groups excluding carboxylic acids is 2. The van der Waals surface area contributed by atoms with E-state index in [-0.39, 0.29) is 11.3 Å². The second kappa shape index (κ2) is 8.01. The molecule has 0 aliphatic rings. The van der Waals surface area contributed by atoms with Gasteiger partial charge in [-0.3, -0.25) is 4.79 Å². The van der Waals surface area contributed by atoms with Crippen LogP contribution < -0.4 is 14.2 Å². The van der Waals surface area contributed by atoms with Gasteiger partial charge in [-0.2, -0.15) is 0 Å². The Kier molecular flexibility index (Phi) is 5.78. The maximum atomic E-state index is 12.2. The van der Waals surface area contributed by atoms with Gasteiger partial charge in [-0.05, 0) is 24.3 Å². The number of carbonyl (C=O) groups is 2. The van der Waals surface area contributed by atoms with Crippen LogP contribution in [-0.4, -0.2) is 39.7 Å². The second-order valence-corrected chi connectivity index (χ2v) is 4.80. The molecule has 0 aliphatic heterocycles. The molecule has 0 bridgehead atoms. The Morgan fingerprint density at radius 1 is 0.875 bits per heavy atom. The van der Waals surface area contributed by atoms with Crippen LogP contribution >= 0.6 is 0 Å². The minimum absolute atomic E-state index is 0.235. The summed E-state index contributed by atoms with van der Waals surface area (Å²) in [6.07, 6.45) is 0. The highest BCUT2D eigenvalue weighted by Gasteiger charge is 2.16. The van der Waals surface area contributed by atoms with Crippen molar-refractivity contribution in [2.45, 2.75) is 0 Å². The smallest absolute Gasteiger partial charge is 0.338 e. The minimum Gasteiger partial charge on any atom is -0.497 e. The quantitative estimate of drug-likeness (QED) is 0.574. The first-order valence-corrected chi connectivity index (χ1v) is 7.15. The SMILES string of the molecule is COc1cc(OC)cc(C(=O)OCC(=O)c2ccccc2OC)c1. The molecular formula is C18H18O6. The summed E-state index contributed by atoms with van der Waals surface area (Å²) >= 11 is 0. The van der Waals surface area contributed by atoms with Crippen LogP contribution in [0.4, 0.5) is 0 Å². The van der Waals surface area contributed by atoms with E-state index in [1.54, 1.807) is 30.3 Å². The Balaban J connectivity index is 2.09. The molecule has 0 amide bonds. The summed E-state index contributed by atoms with van der Waals surface area (Å²) in [5.41, 5.74) is 0.593. The average Bonchev–Trinajstić information content (AvgIpc) is 2.65. The Hall–Kier alpha value is -3.02. The summed E-state index contributed by atoms with van der Waals surface area (Å²) < 4.78 is 20.4. The van der Waals surface area contributed by atoms with E-state index < -0.39 is 12.6 Å². The molecule has 0 aromatic heterocycles. The number of methoxy groups -OCH3 is 3. The van der Waals surface area contributed by atoms with Crippen molar-refractivity contribution < 1.29 is 28.5 Å². The average molecular weight is 330 g/mol. The van der Waals surface area contributed by atoms with Gasteiger partial charge in [0.2, 0.25) is 5.78 Å².